The summed E-state index contributed by atoms with van der Waals surface area (Å²) in [5.74, 6) is 0.345. The minimum Gasteiger partial charge on any atom is -0.304 e. The Morgan fingerprint density at radius 1 is 1.37 bits per heavy atom. The Kier molecular flexibility index (Phi) is 4.71. The molecule has 0 amide bonds. The molecular formula is C14H24N4O. The Bertz CT molecular complexity index is 429. The molecule has 106 valence electrons. The van der Waals surface area contributed by atoms with Crippen LogP contribution in [0.1, 0.15) is 18.5 Å². The second kappa shape index (κ2) is 6.30. The van der Waals surface area contributed by atoms with Gasteiger partial charge in [-0.1, -0.05) is 0 Å². The zero-order chi connectivity index (χ0) is 13.8. The maximum Gasteiger partial charge on any atom is 0.151 e. The number of Topliss-reactive ketones (excluding diaryl/α,β-unsaturated/α-hetero) is 1. The molecule has 5 nitrogen and oxygen atoms in total. The summed E-state index contributed by atoms with van der Waals surface area (Å²) in [7, 11) is 6.08. The highest BCUT2D eigenvalue weighted by Gasteiger charge is 2.26. The number of carbonyl (C=O) groups excluding carboxylic acids is 1. The SMILES string of the molecule is CN1CCCN(C)C(C(=O)CCc2ccnn2C)C1. The van der Waals surface area contributed by atoms with Gasteiger partial charge in [0.2, 0.25) is 0 Å². The molecule has 0 N–H and O–H groups in total. The van der Waals surface area contributed by atoms with Crippen LogP contribution in [0.25, 0.3) is 0 Å². The van der Waals surface area contributed by atoms with Crippen molar-refractivity contribution in [2.45, 2.75) is 25.3 Å². The van der Waals surface area contributed by atoms with Crippen molar-refractivity contribution in [3.8, 4) is 0 Å². The van der Waals surface area contributed by atoms with E-state index in [0.717, 1.165) is 38.2 Å². The molecule has 1 saturated heterocycles. The van der Waals surface area contributed by atoms with Crippen molar-refractivity contribution in [1.29, 1.82) is 0 Å². The van der Waals surface area contributed by atoms with E-state index in [-0.39, 0.29) is 6.04 Å². The predicted molar refractivity (Wildman–Crippen MR) is 75.1 cm³/mol. The van der Waals surface area contributed by atoms with Crippen molar-refractivity contribution >= 4 is 5.78 Å². The summed E-state index contributed by atoms with van der Waals surface area (Å²) in [5.41, 5.74) is 1.12. The summed E-state index contributed by atoms with van der Waals surface area (Å²) in [6.07, 6.45) is 4.30. The Balaban J connectivity index is 1.92. The highest BCUT2D eigenvalue weighted by molar-refractivity contribution is 5.84. The fraction of sp³-hybridized carbons (Fsp3) is 0.714. The van der Waals surface area contributed by atoms with E-state index < -0.39 is 0 Å². The van der Waals surface area contributed by atoms with Crippen LogP contribution in [0.2, 0.25) is 0 Å². The fourth-order valence-corrected chi connectivity index (χ4v) is 2.68. The van der Waals surface area contributed by atoms with E-state index in [4.69, 9.17) is 0 Å². The lowest BCUT2D eigenvalue weighted by Gasteiger charge is -2.26. The average Bonchev–Trinajstić information content (AvgIpc) is 2.70. The first kappa shape index (κ1) is 14.2. The molecule has 0 aromatic carbocycles. The van der Waals surface area contributed by atoms with Crippen LogP contribution >= 0.6 is 0 Å². The molecule has 0 radical (unpaired) electrons. The van der Waals surface area contributed by atoms with Crippen LogP contribution in [0.4, 0.5) is 0 Å². The summed E-state index contributed by atoms with van der Waals surface area (Å²) >= 11 is 0. The maximum atomic E-state index is 12.4. The highest BCUT2D eigenvalue weighted by Crippen LogP contribution is 2.11. The molecule has 19 heavy (non-hydrogen) atoms. The Hall–Kier alpha value is -1.20. The van der Waals surface area contributed by atoms with Gasteiger partial charge in [-0.2, -0.15) is 5.10 Å². The Morgan fingerprint density at radius 2 is 2.16 bits per heavy atom. The molecule has 1 unspecified atom stereocenters. The van der Waals surface area contributed by atoms with Gasteiger partial charge in [-0.3, -0.25) is 14.4 Å². The molecule has 1 fully saturated rings. The van der Waals surface area contributed by atoms with Gasteiger partial charge < -0.3 is 4.90 Å². The minimum atomic E-state index is 0.0423. The number of hydrogen-bond donors (Lipinski definition) is 0. The lowest BCUT2D eigenvalue weighted by molar-refractivity contribution is -0.124. The van der Waals surface area contributed by atoms with Crippen LogP contribution in [-0.2, 0) is 18.3 Å². The standard InChI is InChI=1S/C14H24N4O/c1-16-9-4-10-17(2)13(11-16)14(19)6-5-12-7-8-15-18(12)3/h7-8,13H,4-6,9-11H2,1-3H3. The summed E-state index contributed by atoms with van der Waals surface area (Å²) < 4.78 is 1.84. The molecular weight excluding hydrogens is 240 g/mol. The second-order valence-corrected chi connectivity index (χ2v) is 5.52. The number of aromatic nitrogens is 2. The third-order valence-electron chi connectivity index (χ3n) is 3.99. The smallest absolute Gasteiger partial charge is 0.151 e. The van der Waals surface area contributed by atoms with Crippen LogP contribution < -0.4 is 0 Å². The molecule has 1 aliphatic rings. The summed E-state index contributed by atoms with van der Waals surface area (Å²) in [6, 6.07) is 2.02. The summed E-state index contributed by atoms with van der Waals surface area (Å²) in [5, 5.41) is 4.14. The molecule has 1 aliphatic heterocycles. The molecule has 0 saturated carbocycles. The van der Waals surface area contributed by atoms with E-state index in [1.165, 1.54) is 0 Å². The van der Waals surface area contributed by atoms with Crippen molar-refractivity contribution in [1.82, 2.24) is 19.6 Å². The lowest BCUT2D eigenvalue weighted by atomic mass is 10.1. The molecule has 1 aromatic heterocycles. The first-order valence-electron chi connectivity index (χ1n) is 6.96. The van der Waals surface area contributed by atoms with Crippen molar-refractivity contribution < 1.29 is 4.79 Å². The Morgan fingerprint density at radius 3 is 2.84 bits per heavy atom. The third kappa shape index (κ3) is 3.64. The fourth-order valence-electron chi connectivity index (χ4n) is 2.68. The molecule has 1 aromatic rings. The van der Waals surface area contributed by atoms with Gasteiger partial charge in [0.1, 0.15) is 0 Å². The van der Waals surface area contributed by atoms with Crippen LogP contribution in [-0.4, -0.2) is 65.1 Å². The van der Waals surface area contributed by atoms with Crippen molar-refractivity contribution in [3.05, 3.63) is 18.0 Å². The van der Waals surface area contributed by atoms with Gasteiger partial charge >= 0.3 is 0 Å². The van der Waals surface area contributed by atoms with E-state index in [1.807, 2.05) is 17.8 Å². The number of ketones is 1. The van der Waals surface area contributed by atoms with Gasteiger partial charge in [0.05, 0.1) is 6.04 Å². The third-order valence-corrected chi connectivity index (χ3v) is 3.99. The van der Waals surface area contributed by atoms with E-state index >= 15 is 0 Å². The highest BCUT2D eigenvalue weighted by atomic mass is 16.1. The normalized spacial score (nSPS) is 22.4. The zero-order valence-corrected chi connectivity index (χ0v) is 12.2. The van der Waals surface area contributed by atoms with Gasteiger partial charge in [0.15, 0.2) is 5.78 Å². The molecule has 0 aliphatic carbocycles. The summed E-state index contributed by atoms with van der Waals surface area (Å²) in [4.78, 5) is 16.9. The number of aryl methyl sites for hydroxylation is 2. The topological polar surface area (TPSA) is 41.4 Å². The molecule has 2 heterocycles. The number of likely N-dealkylation sites (N-methyl/N-ethyl adjacent to an activating group) is 2. The molecule has 0 bridgehead atoms. The predicted octanol–water partition coefficient (Wildman–Crippen LogP) is 0.558. The largest absolute Gasteiger partial charge is 0.304 e. The number of hydrogen-bond acceptors (Lipinski definition) is 4. The van der Waals surface area contributed by atoms with Gasteiger partial charge in [-0.05, 0) is 46.1 Å². The molecule has 1 atom stereocenters. The van der Waals surface area contributed by atoms with Crippen LogP contribution in [0.15, 0.2) is 12.3 Å². The molecule has 2 rings (SSSR count). The van der Waals surface area contributed by atoms with Gasteiger partial charge in [0, 0.05) is 31.9 Å². The van der Waals surface area contributed by atoms with Crippen molar-refractivity contribution in [2.75, 3.05) is 33.7 Å². The average molecular weight is 264 g/mol. The Labute approximate surface area is 115 Å². The first-order chi connectivity index (χ1) is 9.08. The number of rotatable bonds is 4. The van der Waals surface area contributed by atoms with Crippen LogP contribution in [0.3, 0.4) is 0 Å². The second-order valence-electron chi connectivity index (χ2n) is 5.52. The van der Waals surface area contributed by atoms with Crippen LogP contribution in [0.5, 0.6) is 0 Å². The quantitative estimate of drug-likeness (QED) is 0.797. The zero-order valence-electron chi connectivity index (χ0n) is 12.2. The van der Waals surface area contributed by atoms with Crippen LogP contribution in [0, 0.1) is 0 Å². The number of carbonyl (C=O) groups is 1. The van der Waals surface area contributed by atoms with Crippen molar-refractivity contribution in [3.63, 3.8) is 0 Å². The maximum absolute atomic E-state index is 12.4. The first-order valence-corrected chi connectivity index (χ1v) is 6.96. The van der Waals surface area contributed by atoms with E-state index in [2.05, 4.69) is 29.0 Å². The van der Waals surface area contributed by atoms with Gasteiger partial charge in [0.25, 0.3) is 0 Å². The molecule has 0 spiro atoms. The van der Waals surface area contributed by atoms with Crippen molar-refractivity contribution in [2.24, 2.45) is 7.05 Å². The lowest BCUT2D eigenvalue weighted by Crippen LogP contribution is -2.43. The van der Waals surface area contributed by atoms with E-state index in [1.54, 1.807) is 6.20 Å². The minimum absolute atomic E-state index is 0.0423. The number of nitrogens with zero attached hydrogens (tertiary/aromatic N) is 4. The summed E-state index contributed by atoms with van der Waals surface area (Å²) in [6.45, 7) is 2.93. The molecule has 5 heteroatoms. The van der Waals surface area contributed by atoms with E-state index in [0.29, 0.717) is 12.2 Å². The van der Waals surface area contributed by atoms with Gasteiger partial charge in [-0.15, -0.1) is 0 Å². The monoisotopic (exact) mass is 264 g/mol. The van der Waals surface area contributed by atoms with Gasteiger partial charge in [-0.25, -0.2) is 0 Å². The van der Waals surface area contributed by atoms with E-state index in [9.17, 15) is 4.79 Å².